The fourth-order valence-electron chi connectivity index (χ4n) is 2.23. The van der Waals surface area contributed by atoms with Crippen LogP contribution in [0.2, 0.25) is 0 Å². The Labute approximate surface area is 108 Å². The van der Waals surface area contributed by atoms with Crippen molar-refractivity contribution in [2.24, 2.45) is 11.7 Å². The lowest BCUT2D eigenvalue weighted by molar-refractivity contribution is 0.146. The molecule has 2 rings (SSSR count). The molecule has 1 aliphatic carbocycles. The lowest BCUT2D eigenvalue weighted by Gasteiger charge is -2.18. The summed E-state index contributed by atoms with van der Waals surface area (Å²) in [6.07, 6.45) is 6.10. The lowest BCUT2D eigenvalue weighted by Crippen LogP contribution is -2.28. The van der Waals surface area contributed by atoms with Gasteiger partial charge in [-0.25, -0.2) is 4.98 Å². The molecule has 2 unspecified atom stereocenters. The molecule has 0 amide bonds. The molecule has 2 N–H and O–H groups in total. The van der Waals surface area contributed by atoms with Crippen LogP contribution >= 0.6 is 0 Å². The molecule has 0 saturated heterocycles. The van der Waals surface area contributed by atoms with Crippen LogP contribution in [0.25, 0.3) is 0 Å². The maximum Gasteiger partial charge on any atom is 0.319 e. The number of hydrogen-bond donors (Lipinski definition) is 1. The number of hydrogen-bond acceptors (Lipinski definition) is 5. The topological polar surface area (TPSA) is 70.3 Å². The minimum absolute atomic E-state index is 0.149. The van der Waals surface area contributed by atoms with Gasteiger partial charge in [-0.3, -0.25) is 0 Å². The molecule has 0 bridgehead atoms. The molecule has 0 aliphatic heterocycles. The third kappa shape index (κ3) is 3.32. The first kappa shape index (κ1) is 13.1. The van der Waals surface area contributed by atoms with Crippen LogP contribution in [0.5, 0.6) is 11.9 Å². The first-order chi connectivity index (χ1) is 8.83. The van der Waals surface area contributed by atoms with E-state index in [1.807, 2.05) is 0 Å². The summed E-state index contributed by atoms with van der Waals surface area (Å²) in [5.41, 5.74) is 5.73. The van der Waals surface area contributed by atoms with E-state index in [9.17, 15) is 0 Å². The van der Waals surface area contributed by atoms with E-state index < -0.39 is 0 Å². The molecule has 1 aromatic rings. The third-order valence-corrected chi connectivity index (χ3v) is 3.21. The monoisotopic (exact) mass is 251 g/mol. The highest BCUT2D eigenvalue weighted by atomic mass is 16.5. The Balaban J connectivity index is 1.96. The van der Waals surface area contributed by atoms with E-state index in [0.717, 1.165) is 19.3 Å². The Hall–Kier alpha value is -1.36. The van der Waals surface area contributed by atoms with Crippen molar-refractivity contribution >= 4 is 0 Å². The Bertz CT molecular complexity index is 373. The number of nitrogens with two attached hydrogens (primary N) is 1. The van der Waals surface area contributed by atoms with Crippen LogP contribution < -0.4 is 15.2 Å². The van der Waals surface area contributed by atoms with Crippen LogP contribution in [0.3, 0.4) is 0 Å². The van der Waals surface area contributed by atoms with Gasteiger partial charge in [0.05, 0.1) is 6.61 Å². The fourth-order valence-corrected chi connectivity index (χ4v) is 2.23. The van der Waals surface area contributed by atoms with Crippen molar-refractivity contribution in [3.8, 4) is 11.9 Å². The van der Waals surface area contributed by atoms with Gasteiger partial charge in [-0.1, -0.05) is 6.92 Å². The smallest absolute Gasteiger partial charge is 0.319 e. The summed E-state index contributed by atoms with van der Waals surface area (Å²) in [5.74, 6) is 0.998. The van der Waals surface area contributed by atoms with Gasteiger partial charge in [0.15, 0.2) is 0 Å². The van der Waals surface area contributed by atoms with Gasteiger partial charge in [0.2, 0.25) is 5.88 Å². The third-order valence-electron chi connectivity index (χ3n) is 3.21. The highest BCUT2D eigenvalue weighted by molar-refractivity contribution is 5.11. The van der Waals surface area contributed by atoms with Crippen molar-refractivity contribution in [3.63, 3.8) is 0 Å². The zero-order valence-corrected chi connectivity index (χ0v) is 10.8. The van der Waals surface area contributed by atoms with Gasteiger partial charge in [-0.2, -0.15) is 4.98 Å². The predicted octanol–water partition coefficient (Wildman–Crippen LogP) is 1.77. The van der Waals surface area contributed by atoms with Crippen LogP contribution in [0.4, 0.5) is 0 Å². The van der Waals surface area contributed by atoms with Crippen molar-refractivity contribution < 1.29 is 9.47 Å². The average molecular weight is 251 g/mol. The largest absolute Gasteiger partial charge is 0.478 e. The molecule has 1 aromatic heterocycles. The molecule has 100 valence electrons. The van der Waals surface area contributed by atoms with E-state index in [1.165, 1.54) is 6.42 Å². The summed E-state index contributed by atoms with van der Waals surface area (Å²) in [4.78, 5) is 8.37. The Kier molecular flexibility index (Phi) is 4.75. The number of aromatic nitrogens is 2. The predicted molar refractivity (Wildman–Crippen MR) is 68.6 cm³/mol. The normalized spacial score (nSPS) is 23.0. The summed E-state index contributed by atoms with van der Waals surface area (Å²) < 4.78 is 11.3. The molecule has 0 spiro atoms. The Morgan fingerprint density at radius 3 is 3.11 bits per heavy atom. The summed E-state index contributed by atoms with van der Waals surface area (Å²) >= 11 is 0. The minimum Gasteiger partial charge on any atom is -0.478 e. The van der Waals surface area contributed by atoms with Crippen LogP contribution in [-0.2, 0) is 0 Å². The molecule has 5 heteroatoms. The standard InChI is InChI=1S/C13H21N3O2/c1-2-8-17-12-6-7-15-13(16-12)18-11-5-3-4-10(11)9-14/h6-7,10-11H,2-5,8-9,14H2,1H3. The Morgan fingerprint density at radius 1 is 1.44 bits per heavy atom. The van der Waals surface area contributed by atoms with Gasteiger partial charge >= 0.3 is 6.01 Å². The van der Waals surface area contributed by atoms with Crippen LogP contribution in [0.1, 0.15) is 32.6 Å². The van der Waals surface area contributed by atoms with Crippen LogP contribution in [0, 0.1) is 5.92 Å². The highest BCUT2D eigenvalue weighted by Crippen LogP contribution is 2.28. The summed E-state index contributed by atoms with van der Waals surface area (Å²) in [7, 11) is 0. The van der Waals surface area contributed by atoms with E-state index in [1.54, 1.807) is 12.3 Å². The molecule has 2 atom stereocenters. The van der Waals surface area contributed by atoms with Gasteiger partial charge in [0, 0.05) is 18.2 Å². The quantitative estimate of drug-likeness (QED) is 0.834. The van der Waals surface area contributed by atoms with E-state index in [-0.39, 0.29) is 6.10 Å². The van der Waals surface area contributed by atoms with Crippen molar-refractivity contribution in [3.05, 3.63) is 12.3 Å². The van der Waals surface area contributed by atoms with Gasteiger partial charge in [-0.15, -0.1) is 0 Å². The number of ether oxygens (including phenoxy) is 2. The van der Waals surface area contributed by atoms with Crippen molar-refractivity contribution in [1.82, 2.24) is 9.97 Å². The molecule has 1 saturated carbocycles. The molecule has 0 radical (unpaired) electrons. The van der Waals surface area contributed by atoms with E-state index >= 15 is 0 Å². The summed E-state index contributed by atoms with van der Waals surface area (Å²) in [5, 5.41) is 0. The Morgan fingerprint density at radius 2 is 2.33 bits per heavy atom. The molecule has 1 heterocycles. The van der Waals surface area contributed by atoms with Gasteiger partial charge in [0.1, 0.15) is 6.10 Å². The molecular weight excluding hydrogens is 230 g/mol. The first-order valence-electron chi connectivity index (χ1n) is 6.66. The fraction of sp³-hybridized carbons (Fsp3) is 0.692. The second kappa shape index (κ2) is 6.54. The molecule has 18 heavy (non-hydrogen) atoms. The van der Waals surface area contributed by atoms with E-state index in [4.69, 9.17) is 15.2 Å². The van der Waals surface area contributed by atoms with Crippen molar-refractivity contribution in [1.29, 1.82) is 0 Å². The van der Waals surface area contributed by atoms with Crippen LogP contribution in [0.15, 0.2) is 12.3 Å². The van der Waals surface area contributed by atoms with Crippen molar-refractivity contribution in [2.75, 3.05) is 13.2 Å². The van der Waals surface area contributed by atoms with E-state index in [0.29, 0.717) is 31.0 Å². The SMILES string of the molecule is CCCOc1ccnc(OC2CCCC2CN)n1. The molecular formula is C13H21N3O2. The number of rotatable bonds is 6. The minimum atomic E-state index is 0.149. The second-order valence-electron chi connectivity index (χ2n) is 4.61. The van der Waals surface area contributed by atoms with Crippen molar-refractivity contribution in [2.45, 2.75) is 38.7 Å². The zero-order valence-electron chi connectivity index (χ0n) is 10.8. The lowest BCUT2D eigenvalue weighted by atomic mass is 10.1. The zero-order chi connectivity index (χ0) is 12.8. The molecule has 1 aliphatic rings. The summed E-state index contributed by atoms with van der Waals surface area (Å²) in [6, 6.07) is 2.14. The molecule has 1 fully saturated rings. The maximum atomic E-state index is 5.82. The average Bonchev–Trinajstić information content (AvgIpc) is 2.84. The second-order valence-corrected chi connectivity index (χ2v) is 4.61. The van der Waals surface area contributed by atoms with Crippen LogP contribution in [-0.4, -0.2) is 29.2 Å². The molecule has 0 aromatic carbocycles. The van der Waals surface area contributed by atoms with Gasteiger partial charge < -0.3 is 15.2 Å². The van der Waals surface area contributed by atoms with Gasteiger partial charge in [-0.05, 0) is 32.2 Å². The maximum absolute atomic E-state index is 5.82. The summed E-state index contributed by atoms with van der Waals surface area (Å²) in [6.45, 7) is 3.38. The molecule has 5 nitrogen and oxygen atoms in total. The first-order valence-corrected chi connectivity index (χ1v) is 6.66. The number of nitrogens with zero attached hydrogens (tertiary/aromatic N) is 2. The van der Waals surface area contributed by atoms with E-state index in [2.05, 4.69) is 16.9 Å². The highest BCUT2D eigenvalue weighted by Gasteiger charge is 2.28. The van der Waals surface area contributed by atoms with Gasteiger partial charge in [0.25, 0.3) is 0 Å².